The number of fused-ring (bicyclic) bond motifs is 2. The Hall–Kier alpha value is -3.75. The Morgan fingerprint density at radius 2 is 1.90 bits per heavy atom. The highest BCUT2D eigenvalue weighted by atomic mass is 32.1. The Labute approximate surface area is 238 Å². The molecule has 3 aromatic carbocycles. The van der Waals surface area contributed by atoms with E-state index in [1.807, 2.05) is 25.7 Å². The highest BCUT2D eigenvalue weighted by Gasteiger charge is 2.26. The van der Waals surface area contributed by atoms with Crippen molar-refractivity contribution in [3.63, 3.8) is 0 Å². The van der Waals surface area contributed by atoms with E-state index in [1.54, 1.807) is 11.3 Å². The fourth-order valence-electron chi connectivity index (χ4n) is 5.77. The molecule has 1 fully saturated rings. The summed E-state index contributed by atoms with van der Waals surface area (Å²) in [4.78, 5) is 20.1. The van der Waals surface area contributed by atoms with Crippen molar-refractivity contribution in [2.24, 2.45) is 7.05 Å². The van der Waals surface area contributed by atoms with Crippen molar-refractivity contribution >= 4 is 44.2 Å². The van der Waals surface area contributed by atoms with Crippen LogP contribution in [0, 0.1) is 13.8 Å². The molecule has 8 heteroatoms. The molecular formula is C32H35N5O2S. The number of rotatable bonds is 7. The zero-order valence-electron chi connectivity index (χ0n) is 23.7. The van der Waals surface area contributed by atoms with E-state index in [9.17, 15) is 4.79 Å². The maximum absolute atomic E-state index is 12.6. The van der Waals surface area contributed by atoms with Crippen LogP contribution in [0.3, 0.4) is 0 Å². The summed E-state index contributed by atoms with van der Waals surface area (Å²) in [7, 11) is 4.04. The summed E-state index contributed by atoms with van der Waals surface area (Å²) in [6, 6.07) is 17.6. The largest absolute Gasteiger partial charge is 0.466 e. The number of hydrogen-bond donors (Lipinski definition) is 1. The Morgan fingerprint density at radius 1 is 1.12 bits per heavy atom. The molecule has 3 heterocycles. The van der Waals surface area contributed by atoms with Crippen molar-refractivity contribution in [3.05, 3.63) is 65.2 Å². The van der Waals surface area contributed by atoms with Crippen LogP contribution in [-0.4, -0.2) is 53.5 Å². The molecule has 1 aliphatic rings. The van der Waals surface area contributed by atoms with E-state index in [1.165, 1.54) is 5.56 Å². The van der Waals surface area contributed by atoms with Gasteiger partial charge in [0.25, 0.3) is 0 Å². The Kier molecular flexibility index (Phi) is 7.06. The van der Waals surface area contributed by atoms with E-state index >= 15 is 0 Å². The van der Waals surface area contributed by atoms with Crippen molar-refractivity contribution in [1.29, 1.82) is 0 Å². The number of anilines is 1. The van der Waals surface area contributed by atoms with Crippen LogP contribution in [0.5, 0.6) is 0 Å². The number of likely N-dealkylation sites (N-methyl/N-ethyl adjacent to an activating group) is 1. The number of ether oxygens (including phenoxy) is 1. The zero-order valence-corrected chi connectivity index (χ0v) is 24.6. The van der Waals surface area contributed by atoms with Crippen LogP contribution < -0.4 is 10.2 Å². The molecule has 1 unspecified atom stereocenters. The predicted molar refractivity (Wildman–Crippen MR) is 164 cm³/mol. The Bertz CT molecular complexity index is 1720. The second-order valence-electron chi connectivity index (χ2n) is 10.7. The number of carbonyl (C=O) groups is 1. The molecule has 1 aliphatic heterocycles. The number of thiazole rings is 1. The third kappa shape index (κ3) is 4.75. The molecule has 1 saturated heterocycles. The molecule has 2 aromatic heterocycles. The molecule has 206 valence electrons. The lowest BCUT2D eigenvalue weighted by Gasteiger charge is -2.16. The van der Waals surface area contributed by atoms with Crippen LogP contribution in [0.25, 0.3) is 42.8 Å². The minimum absolute atomic E-state index is 0.208. The molecule has 0 saturated carbocycles. The minimum Gasteiger partial charge on any atom is -0.466 e. The van der Waals surface area contributed by atoms with E-state index in [0.29, 0.717) is 12.6 Å². The van der Waals surface area contributed by atoms with Gasteiger partial charge in [-0.3, -0.25) is 9.48 Å². The molecule has 0 aliphatic carbocycles. The van der Waals surface area contributed by atoms with Gasteiger partial charge >= 0.3 is 5.97 Å². The van der Waals surface area contributed by atoms with Crippen LogP contribution in [0.15, 0.2) is 48.5 Å². The lowest BCUT2D eigenvalue weighted by Crippen LogP contribution is -2.29. The van der Waals surface area contributed by atoms with Crippen LogP contribution >= 0.6 is 11.3 Å². The first-order chi connectivity index (χ1) is 19.4. The van der Waals surface area contributed by atoms with E-state index in [-0.39, 0.29) is 12.4 Å². The number of aromatic nitrogens is 3. The number of nitrogens with one attached hydrogen (secondary N) is 1. The van der Waals surface area contributed by atoms with Crippen LogP contribution in [-0.2, 0) is 23.0 Å². The second kappa shape index (κ2) is 10.7. The maximum Gasteiger partial charge on any atom is 0.310 e. The highest BCUT2D eigenvalue weighted by molar-refractivity contribution is 7.22. The number of benzene rings is 3. The van der Waals surface area contributed by atoms with Crippen LogP contribution in [0.4, 0.5) is 5.82 Å². The number of esters is 1. The minimum atomic E-state index is -0.208. The molecule has 1 N–H and O–H groups in total. The molecule has 0 radical (unpaired) electrons. The molecule has 5 aromatic rings. The fraction of sp³-hybridized carbons (Fsp3) is 0.344. The molecular weight excluding hydrogens is 518 g/mol. The van der Waals surface area contributed by atoms with Crippen molar-refractivity contribution in [2.75, 3.05) is 31.6 Å². The number of aryl methyl sites for hydroxylation is 3. The van der Waals surface area contributed by atoms with E-state index in [4.69, 9.17) is 14.8 Å². The van der Waals surface area contributed by atoms with Gasteiger partial charge in [0.2, 0.25) is 0 Å². The first-order valence-electron chi connectivity index (χ1n) is 13.9. The van der Waals surface area contributed by atoms with Gasteiger partial charge < -0.3 is 15.0 Å². The van der Waals surface area contributed by atoms with Crippen molar-refractivity contribution < 1.29 is 9.53 Å². The van der Waals surface area contributed by atoms with Gasteiger partial charge in [0.1, 0.15) is 5.01 Å². The highest BCUT2D eigenvalue weighted by Crippen LogP contribution is 2.42. The lowest BCUT2D eigenvalue weighted by molar-refractivity contribution is -0.142. The molecule has 0 spiro atoms. The van der Waals surface area contributed by atoms with Crippen LogP contribution in [0.1, 0.15) is 30.0 Å². The normalized spacial score (nSPS) is 15.4. The third-order valence-corrected chi connectivity index (χ3v) is 9.09. The monoisotopic (exact) mass is 553 g/mol. The van der Waals surface area contributed by atoms with Gasteiger partial charge in [0.05, 0.1) is 28.8 Å². The molecule has 40 heavy (non-hydrogen) atoms. The third-order valence-electron chi connectivity index (χ3n) is 7.95. The summed E-state index contributed by atoms with van der Waals surface area (Å²) in [5.41, 5.74) is 8.55. The van der Waals surface area contributed by atoms with Crippen molar-refractivity contribution in [2.45, 2.75) is 39.7 Å². The van der Waals surface area contributed by atoms with Gasteiger partial charge in [-0.25, -0.2) is 4.98 Å². The predicted octanol–water partition coefficient (Wildman–Crippen LogP) is 6.04. The average molecular weight is 554 g/mol. The number of hydrogen-bond acceptors (Lipinski definition) is 7. The quantitative estimate of drug-likeness (QED) is 0.248. The van der Waals surface area contributed by atoms with Gasteiger partial charge in [0, 0.05) is 42.7 Å². The maximum atomic E-state index is 12.6. The van der Waals surface area contributed by atoms with Crippen molar-refractivity contribution in [1.82, 2.24) is 20.1 Å². The summed E-state index contributed by atoms with van der Waals surface area (Å²) >= 11 is 1.68. The summed E-state index contributed by atoms with van der Waals surface area (Å²) in [6.07, 6.45) is 1.35. The SMILES string of the molecule is CCOC(=O)Cc1c(C)cc2nc(-c3ccc4c(c3)c(N3CCC(NC)C3)nn4C)sc2c1-c1ccc(C)cc1. The molecule has 0 bridgehead atoms. The van der Waals surface area contributed by atoms with E-state index in [2.05, 4.69) is 72.6 Å². The van der Waals surface area contributed by atoms with Crippen molar-refractivity contribution in [3.8, 4) is 21.7 Å². The molecule has 6 rings (SSSR count). The summed E-state index contributed by atoms with van der Waals surface area (Å²) in [6.45, 7) is 8.31. The van der Waals surface area contributed by atoms with E-state index < -0.39 is 0 Å². The van der Waals surface area contributed by atoms with Gasteiger partial charge in [-0.15, -0.1) is 11.3 Å². The van der Waals surface area contributed by atoms with Gasteiger partial charge in [-0.2, -0.15) is 5.10 Å². The summed E-state index contributed by atoms with van der Waals surface area (Å²) in [5, 5.41) is 10.4. The zero-order chi connectivity index (χ0) is 28.0. The Balaban J connectivity index is 1.49. The van der Waals surface area contributed by atoms with Gasteiger partial charge in [-0.1, -0.05) is 29.8 Å². The summed E-state index contributed by atoms with van der Waals surface area (Å²) in [5.74, 6) is 0.825. The average Bonchev–Trinajstić information content (AvgIpc) is 3.67. The lowest BCUT2D eigenvalue weighted by atomic mass is 9.93. The Morgan fingerprint density at radius 3 is 2.62 bits per heavy atom. The smallest absolute Gasteiger partial charge is 0.310 e. The standard InChI is InChI=1S/C32H35N5O2S/c1-6-39-28(38)17-24-20(3)15-26-30(29(24)21-9-7-19(2)8-10-21)40-32(34-26)22-11-12-27-25(16-22)31(35-36(27)5)37-14-13-23(18-37)33-4/h7-12,15-16,23,33H,6,13-14,17-18H2,1-5H3. The first kappa shape index (κ1) is 26.5. The molecule has 0 amide bonds. The molecule has 1 atom stereocenters. The fourth-order valence-corrected chi connectivity index (χ4v) is 6.90. The topological polar surface area (TPSA) is 72.3 Å². The second-order valence-corrected chi connectivity index (χ2v) is 11.7. The van der Waals surface area contributed by atoms with Crippen LogP contribution in [0.2, 0.25) is 0 Å². The van der Waals surface area contributed by atoms with Gasteiger partial charge in [-0.05, 0) is 75.2 Å². The first-order valence-corrected chi connectivity index (χ1v) is 14.7. The molecule has 7 nitrogen and oxygen atoms in total. The van der Waals surface area contributed by atoms with Gasteiger partial charge in [0.15, 0.2) is 5.82 Å². The number of nitrogens with zero attached hydrogens (tertiary/aromatic N) is 4. The van der Waals surface area contributed by atoms with E-state index in [0.717, 1.165) is 79.3 Å². The number of carbonyl (C=O) groups excluding carboxylic acids is 1. The summed E-state index contributed by atoms with van der Waals surface area (Å²) < 4.78 is 8.40.